The summed E-state index contributed by atoms with van der Waals surface area (Å²) in [7, 11) is 0. The van der Waals surface area contributed by atoms with E-state index in [0.717, 1.165) is 12.1 Å². The van der Waals surface area contributed by atoms with Crippen molar-refractivity contribution in [2.75, 3.05) is 0 Å². The average molecular weight is 349 g/mol. The Hall–Kier alpha value is -1.96. The zero-order chi connectivity index (χ0) is 19.0. The van der Waals surface area contributed by atoms with Crippen LogP contribution in [0.1, 0.15) is 40.2 Å². The number of aliphatic hydroxyl groups is 1. The van der Waals surface area contributed by atoms with E-state index in [1.807, 2.05) is 0 Å². The van der Waals surface area contributed by atoms with Crippen LogP contribution in [-0.4, -0.2) is 23.2 Å². The molecule has 1 aromatic rings. The minimum atomic E-state index is -4.82. The molecule has 24 heavy (non-hydrogen) atoms. The molecule has 1 aromatic carbocycles. The number of hydrogen-bond donors (Lipinski definition) is 2. The number of rotatable bonds is 4. The van der Waals surface area contributed by atoms with Crippen LogP contribution in [0.2, 0.25) is 0 Å². The molecule has 1 atom stereocenters. The number of hydrogen-bond acceptors (Lipinski definition) is 4. The van der Waals surface area contributed by atoms with Crippen molar-refractivity contribution >= 4 is 6.09 Å². The predicted octanol–water partition coefficient (Wildman–Crippen LogP) is 3.69. The van der Waals surface area contributed by atoms with Crippen molar-refractivity contribution in [1.29, 1.82) is 0 Å². The van der Waals surface area contributed by atoms with Gasteiger partial charge in [-0.2, -0.15) is 0 Å². The van der Waals surface area contributed by atoms with Crippen LogP contribution in [0.5, 0.6) is 5.75 Å². The molecule has 0 fully saturated rings. The summed E-state index contributed by atoms with van der Waals surface area (Å²) in [5.74, 6) is -0.427. The summed E-state index contributed by atoms with van der Waals surface area (Å²) in [5, 5.41) is 10.7. The van der Waals surface area contributed by atoms with Gasteiger partial charge in [-0.1, -0.05) is 32.9 Å². The van der Waals surface area contributed by atoms with Gasteiger partial charge in [0.1, 0.15) is 11.4 Å². The highest BCUT2D eigenvalue weighted by Gasteiger charge is 2.57. The van der Waals surface area contributed by atoms with E-state index >= 15 is 0 Å². The predicted molar refractivity (Wildman–Crippen MR) is 81.2 cm³/mol. The number of alkyl halides is 3. The summed E-state index contributed by atoms with van der Waals surface area (Å²) >= 11 is 0. The summed E-state index contributed by atoms with van der Waals surface area (Å²) in [5.41, 5.74) is 1.47. The largest absolute Gasteiger partial charge is 0.573 e. The second-order valence-corrected chi connectivity index (χ2v) is 6.98. The molecule has 136 valence electrons. The van der Waals surface area contributed by atoms with Crippen molar-refractivity contribution in [3.63, 3.8) is 0 Å². The molecular weight excluding hydrogens is 327 g/mol. The first kappa shape index (κ1) is 20.1. The normalized spacial score (nSPS) is 15.5. The van der Waals surface area contributed by atoms with Crippen molar-refractivity contribution in [2.24, 2.45) is 11.1 Å². The lowest BCUT2D eigenvalue weighted by Crippen LogP contribution is -2.59. The monoisotopic (exact) mass is 349 g/mol. The van der Waals surface area contributed by atoms with Gasteiger partial charge in [0.25, 0.3) is 0 Å². The molecule has 0 heterocycles. The molecule has 1 unspecified atom stereocenters. The molecule has 0 aliphatic heterocycles. The molecule has 0 aromatic heterocycles. The Kier molecular flexibility index (Phi) is 5.15. The quantitative estimate of drug-likeness (QED) is 0.868. The van der Waals surface area contributed by atoms with Crippen molar-refractivity contribution in [1.82, 2.24) is 0 Å². The van der Waals surface area contributed by atoms with Crippen molar-refractivity contribution < 1.29 is 32.5 Å². The van der Waals surface area contributed by atoms with Gasteiger partial charge in [-0.3, -0.25) is 0 Å². The van der Waals surface area contributed by atoms with Gasteiger partial charge in [0.15, 0.2) is 5.60 Å². The fourth-order valence-corrected chi connectivity index (χ4v) is 3.08. The third kappa shape index (κ3) is 4.11. The highest BCUT2D eigenvalue weighted by atomic mass is 19.4. The highest BCUT2D eigenvalue weighted by molar-refractivity contribution is 5.66. The molecule has 0 aliphatic rings. The molecule has 0 bridgehead atoms. The fraction of sp³-hybridized carbons (Fsp3) is 0.562. The number of primary amides is 1. The topological polar surface area (TPSA) is 81.8 Å². The third-order valence-electron chi connectivity index (χ3n) is 3.67. The summed E-state index contributed by atoms with van der Waals surface area (Å²) in [6.45, 7) is 8.01. The summed E-state index contributed by atoms with van der Waals surface area (Å²) in [4.78, 5) is 11.5. The van der Waals surface area contributed by atoms with Gasteiger partial charge in [-0.25, -0.2) is 4.79 Å². The van der Waals surface area contributed by atoms with Crippen LogP contribution in [0.3, 0.4) is 0 Å². The summed E-state index contributed by atoms with van der Waals surface area (Å²) in [6, 6.07) is 4.76. The van der Waals surface area contributed by atoms with E-state index in [0.29, 0.717) is 0 Å². The van der Waals surface area contributed by atoms with Gasteiger partial charge < -0.3 is 20.3 Å². The van der Waals surface area contributed by atoms with Crippen LogP contribution < -0.4 is 10.5 Å². The minimum Gasteiger partial charge on any atom is -0.435 e. The average Bonchev–Trinajstić information content (AvgIpc) is 2.31. The third-order valence-corrected chi connectivity index (χ3v) is 3.67. The molecule has 3 N–H and O–H groups in total. The number of nitrogens with two attached hydrogens (primary N) is 1. The first-order valence-electron chi connectivity index (χ1n) is 7.17. The lowest BCUT2D eigenvalue weighted by atomic mass is 9.64. The van der Waals surface area contributed by atoms with Crippen molar-refractivity contribution in [2.45, 2.75) is 52.2 Å². The van der Waals surface area contributed by atoms with E-state index in [1.54, 1.807) is 20.8 Å². The molecule has 0 spiro atoms. The Morgan fingerprint density at radius 3 is 1.79 bits per heavy atom. The first-order valence-corrected chi connectivity index (χ1v) is 7.17. The van der Waals surface area contributed by atoms with Gasteiger partial charge in [0.2, 0.25) is 0 Å². The summed E-state index contributed by atoms with van der Waals surface area (Å²) < 4.78 is 46.0. The number of ether oxygens (including phenoxy) is 2. The second kappa shape index (κ2) is 6.16. The number of benzene rings is 1. The molecule has 1 amide bonds. The summed E-state index contributed by atoms with van der Waals surface area (Å²) in [6.07, 6.45) is -5.93. The van der Waals surface area contributed by atoms with Crippen LogP contribution in [-0.2, 0) is 10.3 Å². The SMILES string of the molecule is CC(C)(C)C(OC(N)=O)(c1ccc(OC(F)(F)F)cc1)C(C)(C)O. The van der Waals surface area contributed by atoms with Gasteiger partial charge in [0.05, 0.1) is 0 Å². The molecule has 1 rings (SSSR count). The molecule has 8 heteroatoms. The molecule has 5 nitrogen and oxygen atoms in total. The fourth-order valence-electron chi connectivity index (χ4n) is 3.08. The number of carbonyl (C=O) groups excluding carboxylic acids is 1. The molecule has 0 aliphatic carbocycles. The number of amides is 1. The van der Waals surface area contributed by atoms with Crippen LogP contribution in [0.4, 0.5) is 18.0 Å². The Bertz CT molecular complexity index is 569. The van der Waals surface area contributed by atoms with Crippen LogP contribution in [0, 0.1) is 5.41 Å². The van der Waals surface area contributed by atoms with Gasteiger partial charge in [-0.15, -0.1) is 13.2 Å². The Labute approximate surface area is 138 Å². The minimum absolute atomic E-state index is 0.288. The van der Waals surface area contributed by atoms with Crippen molar-refractivity contribution in [3.8, 4) is 5.75 Å². The maximum Gasteiger partial charge on any atom is 0.573 e. The Morgan fingerprint density at radius 1 is 1.04 bits per heavy atom. The molecular formula is C16H22F3NO4. The van der Waals surface area contributed by atoms with E-state index < -0.39 is 34.8 Å². The highest BCUT2D eigenvalue weighted by Crippen LogP contribution is 2.50. The van der Waals surface area contributed by atoms with Crippen LogP contribution >= 0.6 is 0 Å². The van der Waals surface area contributed by atoms with E-state index in [2.05, 4.69) is 4.74 Å². The Morgan fingerprint density at radius 2 is 1.50 bits per heavy atom. The lowest BCUT2D eigenvalue weighted by molar-refractivity contribution is -0.274. The van der Waals surface area contributed by atoms with Gasteiger partial charge in [0, 0.05) is 5.41 Å². The van der Waals surface area contributed by atoms with Gasteiger partial charge >= 0.3 is 12.5 Å². The van der Waals surface area contributed by atoms with Gasteiger partial charge in [-0.05, 0) is 31.5 Å². The maximum absolute atomic E-state index is 12.3. The van der Waals surface area contributed by atoms with E-state index in [9.17, 15) is 23.1 Å². The molecule has 0 saturated heterocycles. The van der Waals surface area contributed by atoms with Crippen LogP contribution in [0.25, 0.3) is 0 Å². The first-order chi connectivity index (χ1) is 10.6. The zero-order valence-corrected chi connectivity index (χ0v) is 14.2. The van der Waals surface area contributed by atoms with Crippen LogP contribution in [0.15, 0.2) is 24.3 Å². The van der Waals surface area contributed by atoms with Crippen molar-refractivity contribution in [3.05, 3.63) is 29.8 Å². The number of carbonyl (C=O) groups is 1. The van der Waals surface area contributed by atoms with E-state index in [-0.39, 0.29) is 5.56 Å². The molecule has 0 saturated carbocycles. The number of halogens is 3. The maximum atomic E-state index is 12.3. The Balaban J connectivity index is 3.47. The van der Waals surface area contributed by atoms with E-state index in [4.69, 9.17) is 10.5 Å². The second-order valence-electron chi connectivity index (χ2n) is 6.98. The molecule has 0 radical (unpaired) electrons. The lowest BCUT2D eigenvalue weighted by Gasteiger charge is -2.50. The zero-order valence-electron chi connectivity index (χ0n) is 14.2. The standard InChI is InChI=1S/C16H22F3NO4/c1-13(2,3)15(14(4,5)22,24-12(20)21)10-6-8-11(9-7-10)23-16(17,18)19/h6-9,22H,1-5H3,(H2,20,21). The van der Waals surface area contributed by atoms with E-state index in [1.165, 1.54) is 26.0 Å². The smallest absolute Gasteiger partial charge is 0.435 e.